The summed E-state index contributed by atoms with van der Waals surface area (Å²) in [7, 11) is 1.35. The zero-order valence-corrected chi connectivity index (χ0v) is 10.9. The highest BCUT2D eigenvalue weighted by Crippen LogP contribution is 2.19. The molecule has 0 unspecified atom stereocenters. The first kappa shape index (κ1) is 13.4. The van der Waals surface area contributed by atoms with Gasteiger partial charge in [-0.15, -0.1) is 0 Å². The number of para-hydroxylation sites is 1. The van der Waals surface area contributed by atoms with E-state index in [1.807, 2.05) is 6.07 Å². The maximum atomic E-state index is 11.5. The molecule has 1 aromatic rings. The van der Waals surface area contributed by atoms with Crippen LogP contribution in [0.15, 0.2) is 24.3 Å². The molecule has 0 aromatic heterocycles. The molecule has 19 heavy (non-hydrogen) atoms. The Morgan fingerprint density at radius 3 is 2.74 bits per heavy atom. The molecule has 1 saturated carbocycles. The van der Waals surface area contributed by atoms with Crippen LogP contribution in [0.4, 0.5) is 5.69 Å². The van der Waals surface area contributed by atoms with Gasteiger partial charge in [0.25, 0.3) is 0 Å². The Balaban J connectivity index is 1.84. The normalized spacial score (nSPS) is 13.7. The van der Waals surface area contributed by atoms with Gasteiger partial charge >= 0.3 is 5.97 Å². The first-order valence-corrected chi connectivity index (χ1v) is 6.41. The predicted molar refractivity (Wildman–Crippen MR) is 72.1 cm³/mol. The van der Waals surface area contributed by atoms with Crippen molar-refractivity contribution in [2.75, 3.05) is 19.0 Å². The van der Waals surface area contributed by atoms with Gasteiger partial charge in [0.05, 0.1) is 12.7 Å². The third-order valence-corrected chi connectivity index (χ3v) is 2.94. The van der Waals surface area contributed by atoms with Crippen molar-refractivity contribution in [3.63, 3.8) is 0 Å². The summed E-state index contributed by atoms with van der Waals surface area (Å²) in [4.78, 5) is 23.1. The highest BCUT2D eigenvalue weighted by atomic mass is 16.5. The molecule has 0 spiro atoms. The molecule has 1 aliphatic rings. The summed E-state index contributed by atoms with van der Waals surface area (Å²) in [6, 6.07) is 7.48. The van der Waals surface area contributed by atoms with Crippen LogP contribution in [0, 0.1) is 0 Å². The van der Waals surface area contributed by atoms with E-state index >= 15 is 0 Å². The zero-order chi connectivity index (χ0) is 13.7. The van der Waals surface area contributed by atoms with Crippen molar-refractivity contribution in [2.45, 2.75) is 25.3 Å². The van der Waals surface area contributed by atoms with Crippen LogP contribution < -0.4 is 10.6 Å². The molecule has 0 radical (unpaired) electrons. The third kappa shape index (κ3) is 3.98. The van der Waals surface area contributed by atoms with E-state index in [1.165, 1.54) is 7.11 Å². The van der Waals surface area contributed by atoms with E-state index < -0.39 is 0 Å². The molecule has 5 nitrogen and oxygen atoms in total. The molecular weight excluding hydrogens is 244 g/mol. The summed E-state index contributed by atoms with van der Waals surface area (Å²) < 4.78 is 4.71. The molecule has 102 valence electrons. The van der Waals surface area contributed by atoms with Gasteiger partial charge in [-0.2, -0.15) is 0 Å². The first-order valence-electron chi connectivity index (χ1n) is 6.41. The monoisotopic (exact) mass is 262 g/mol. The van der Waals surface area contributed by atoms with Crippen molar-refractivity contribution in [1.29, 1.82) is 0 Å². The minimum Gasteiger partial charge on any atom is -0.465 e. The second kappa shape index (κ2) is 6.22. The fraction of sp³-hybridized carbons (Fsp3) is 0.429. The van der Waals surface area contributed by atoms with E-state index in [4.69, 9.17) is 4.74 Å². The number of hydrogen-bond acceptors (Lipinski definition) is 4. The SMILES string of the molecule is COC(=O)c1ccccc1NCCC(=O)NC1CC1. The van der Waals surface area contributed by atoms with Gasteiger partial charge in [-0.3, -0.25) is 4.79 Å². The lowest BCUT2D eigenvalue weighted by Crippen LogP contribution is -2.27. The minimum absolute atomic E-state index is 0.0468. The summed E-state index contributed by atoms with van der Waals surface area (Å²) >= 11 is 0. The van der Waals surface area contributed by atoms with Crippen molar-refractivity contribution in [2.24, 2.45) is 0 Å². The van der Waals surface area contributed by atoms with Gasteiger partial charge in [0.15, 0.2) is 0 Å². The molecule has 0 saturated heterocycles. The number of anilines is 1. The van der Waals surface area contributed by atoms with Crippen molar-refractivity contribution in [1.82, 2.24) is 5.32 Å². The van der Waals surface area contributed by atoms with Crippen molar-refractivity contribution in [3.8, 4) is 0 Å². The maximum Gasteiger partial charge on any atom is 0.339 e. The third-order valence-electron chi connectivity index (χ3n) is 2.94. The number of nitrogens with one attached hydrogen (secondary N) is 2. The molecule has 1 fully saturated rings. The highest BCUT2D eigenvalue weighted by molar-refractivity contribution is 5.95. The Morgan fingerprint density at radius 2 is 2.05 bits per heavy atom. The highest BCUT2D eigenvalue weighted by Gasteiger charge is 2.22. The fourth-order valence-electron chi connectivity index (χ4n) is 1.76. The Kier molecular flexibility index (Phi) is 4.39. The van der Waals surface area contributed by atoms with Crippen LogP contribution in [0.3, 0.4) is 0 Å². The van der Waals surface area contributed by atoms with E-state index in [0.29, 0.717) is 30.3 Å². The minimum atomic E-state index is -0.384. The number of hydrogen-bond donors (Lipinski definition) is 2. The molecule has 5 heteroatoms. The number of esters is 1. The molecular formula is C14H18N2O3. The van der Waals surface area contributed by atoms with Crippen molar-refractivity contribution in [3.05, 3.63) is 29.8 Å². The lowest BCUT2D eigenvalue weighted by Gasteiger charge is -2.10. The molecule has 0 atom stereocenters. The molecule has 1 aliphatic carbocycles. The number of rotatable bonds is 6. The fourth-order valence-corrected chi connectivity index (χ4v) is 1.76. The largest absolute Gasteiger partial charge is 0.465 e. The smallest absolute Gasteiger partial charge is 0.339 e. The van der Waals surface area contributed by atoms with Crippen molar-refractivity contribution < 1.29 is 14.3 Å². The quantitative estimate of drug-likeness (QED) is 0.763. The van der Waals surface area contributed by atoms with Crippen LogP contribution in [0.1, 0.15) is 29.6 Å². The van der Waals surface area contributed by atoms with Crippen LogP contribution >= 0.6 is 0 Å². The molecule has 1 aromatic carbocycles. The van der Waals surface area contributed by atoms with Crippen LogP contribution in [-0.2, 0) is 9.53 Å². The Hall–Kier alpha value is -2.04. The van der Waals surface area contributed by atoms with Gasteiger partial charge in [-0.05, 0) is 25.0 Å². The molecule has 0 heterocycles. The molecule has 0 bridgehead atoms. The lowest BCUT2D eigenvalue weighted by atomic mass is 10.2. The van der Waals surface area contributed by atoms with E-state index in [1.54, 1.807) is 18.2 Å². The Bertz CT molecular complexity index is 470. The summed E-state index contributed by atoms with van der Waals surface area (Å²) in [5.74, 6) is -0.337. The maximum absolute atomic E-state index is 11.5. The van der Waals surface area contributed by atoms with Crippen LogP contribution in [-0.4, -0.2) is 31.6 Å². The number of amides is 1. The number of carbonyl (C=O) groups excluding carboxylic acids is 2. The second-order valence-corrected chi connectivity index (χ2v) is 4.56. The van der Waals surface area contributed by atoms with Crippen LogP contribution in [0.5, 0.6) is 0 Å². The van der Waals surface area contributed by atoms with E-state index in [9.17, 15) is 9.59 Å². The van der Waals surface area contributed by atoms with Gasteiger partial charge in [0, 0.05) is 24.7 Å². The molecule has 0 aliphatic heterocycles. The van der Waals surface area contributed by atoms with Gasteiger partial charge in [-0.25, -0.2) is 4.79 Å². The molecule has 2 rings (SSSR count). The van der Waals surface area contributed by atoms with Crippen LogP contribution in [0.2, 0.25) is 0 Å². The summed E-state index contributed by atoms with van der Waals surface area (Å²) in [6.45, 7) is 0.493. The van der Waals surface area contributed by atoms with E-state index in [0.717, 1.165) is 12.8 Å². The molecule has 1 amide bonds. The number of carbonyl (C=O) groups is 2. The topological polar surface area (TPSA) is 67.4 Å². The lowest BCUT2D eigenvalue weighted by molar-refractivity contribution is -0.120. The summed E-state index contributed by atoms with van der Waals surface area (Å²) in [5, 5.41) is 6.01. The summed E-state index contributed by atoms with van der Waals surface area (Å²) in [5.41, 5.74) is 1.17. The summed E-state index contributed by atoms with van der Waals surface area (Å²) in [6.07, 6.45) is 2.57. The first-order chi connectivity index (χ1) is 9.20. The van der Waals surface area contributed by atoms with E-state index in [-0.39, 0.29) is 11.9 Å². The average Bonchev–Trinajstić information content (AvgIpc) is 3.22. The van der Waals surface area contributed by atoms with Crippen LogP contribution in [0.25, 0.3) is 0 Å². The zero-order valence-electron chi connectivity index (χ0n) is 10.9. The standard InChI is InChI=1S/C14H18N2O3/c1-19-14(18)11-4-2-3-5-12(11)15-9-8-13(17)16-10-6-7-10/h2-5,10,15H,6-9H2,1H3,(H,16,17). The van der Waals surface area contributed by atoms with E-state index in [2.05, 4.69) is 10.6 Å². The number of benzene rings is 1. The van der Waals surface area contributed by atoms with Gasteiger partial charge in [0.1, 0.15) is 0 Å². The van der Waals surface area contributed by atoms with Gasteiger partial charge < -0.3 is 15.4 Å². The van der Waals surface area contributed by atoms with Crippen molar-refractivity contribution >= 4 is 17.6 Å². The predicted octanol–water partition coefficient (Wildman–Crippen LogP) is 1.55. The average molecular weight is 262 g/mol. The van der Waals surface area contributed by atoms with Gasteiger partial charge in [-0.1, -0.05) is 12.1 Å². The number of methoxy groups -OCH3 is 1. The molecule has 2 N–H and O–H groups in total. The Labute approximate surface area is 112 Å². The number of ether oxygens (including phenoxy) is 1. The van der Waals surface area contributed by atoms with Gasteiger partial charge in [0.2, 0.25) is 5.91 Å². The Morgan fingerprint density at radius 1 is 1.32 bits per heavy atom. The second-order valence-electron chi connectivity index (χ2n) is 4.56.